The van der Waals surface area contributed by atoms with Crippen molar-refractivity contribution in [2.75, 3.05) is 0 Å². The zero-order valence-electron chi connectivity index (χ0n) is 10.6. The largest absolute Gasteiger partial charge is 0.481 e. The predicted octanol–water partition coefficient (Wildman–Crippen LogP) is 1.33. The SMILES string of the molecule is C[C@H](CC(=O)O)O[C@@H](C#CC(C)(C)O)[C@@H](C)S. The van der Waals surface area contributed by atoms with Crippen LogP contribution in [0.2, 0.25) is 0 Å². The third-order valence-corrected chi connectivity index (χ3v) is 2.07. The molecule has 0 aliphatic carbocycles. The number of ether oxygens (including phenoxy) is 1. The summed E-state index contributed by atoms with van der Waals surface area (Å²) in [7, 11) is 0. The molecule has 0 saturated heterocycles. The normalized spacial score (nSPS) is 16.6. The molecular weight excluding hydrogens is 240 g/mol. The van der Waals surface area contributed by atoms with Gasteiger partial charge in [-0.2, -0.15) is 12.6 Å². The van der Waals surface area contributed by atoms with E-state index >= 15 is 0 Å². The van der Waals surface area contributed by atoms with Gasteiger partial charge in [0.05, 0.1) is 12.5 Å². The Hall–Kier alpha value is -0.700. The first-order chi connectivity index (χ1) is 7.61. The first-order valence-corrected chi connectivity index (χ1v) is 5.94. The first-order valence-electron chi connectivity index (χ1n) is 5.42. The lowest BCUT2D eigenvalue weighted by Crippen LogP contribution is -2.28. The zero-order chi connectivity index (χ0) is 13.6. The lowest BCUT2D eigenvalue weighted by atomic mass is 10.1. The Morgan fingerprint density at radius 2 is 2.00 bits per heavy atom. The minimum atomic E-state index is -1.10. The van der Waals surface area contributed by atoms with E-state index in [9.17, 15) is 9.90 Å². The maximum Gasteiger partial charge on any atom is 0.305 e. The van der Waals surface area contributed by atoms with Gasteiger partial charge in [0.15, 0.2) is 0 Å². The molecule has 4 nitrogen and oxygen atoms in total. The van der Waals surface area contributed by atoms with Gasteiger partial charge >= 0.3 is 5.97 Å². The maximum atomic E-state index is 10.5. The average molecular weight is 260 g/mol. The molecule has 0 aliphatic rings. The fourth-order valence-corrected chi connectivity index (χ4v) is 1.21. The Morgan fingerprint density at radius 3 is 2.35 bits per heavy atom. The fraction of sp³-hybridized carbons (Fsp3) is 0.750. The van der Waals surface area contributed by atoms with Gasteiger partial charge in [0.25, 0.3) is 0 Å². The number of aliphatic hydroxyl groups is 1. The first kappa shape index (κ1) is 16.3. The second-order valence-corrected chi connectivity index (χ2v) is 5.35. The molecule has 0 bridgehead atoms. The second kappa shape index (κ2) is 6.90. The van der Waals surface area contributed by atoms with Crippen molar-refractivity contribution in [3.05, 3.63) is 0 Å². The molecule has 0 aromatic carbocycles. The van der Waals surface area contributed by atoms with Crippen LogP contribution in [0, 0.1) is 11.8 Å². The summed E-state index contributed by atoms with van der Waals surface area (Å²) in [5.41, 5.74) is -1.10. The van der Waals surface area contributed by atoms with Gasteiger partial charge < -0.3 is 14.9 Å². The van der Waals surface area contributed by atoms with E-state index in [1.165, 1.54) is 0 Å². The quantitative estimate of drug-likeness (QED) is 0.515. The van der Waals surface area contributed by atoms with Crippen molar-refractivity contribution in [1.29, 1.82) is 0 Å². The standard InChI is InChI=1S/C12H20O4S/c1-8(7-11(13)14)16-10(9(2)17)5-6-12(3,4)15/h8-10,15,17H,7H2,1-4H3,(H,13,14)/t8-,9-,10+/m1/s1. The molecule has 17 heavy (non-hydrogen) atoms. The molecule has 5 heteroatoms. The minimum absolute atomic E-state index is 0.0821. The van der Waals surface area contributed by atoms with E-state index in [1.54, 1.807) is 27.7 Å². The summed E-state index contributed by atoms with van der Waals surface area (Å²) < 4.78 is 5.48. The summed E-state index contributed by atoms with van der Waals surface area (Å²) in [6, 6.07) is 0. The number of rotatable bonds is 5. The lowest BCUT2D eigenvalue weighted by molar-refractivity contribution is -0.140. The molecule has 0 rings (SSSR count). The predicted molar refractivity (Wildman–Crippen MR) is 69.1 cm³/mol. The molecule has 2 N–H and O–H groups in total. The summed E-state index contributed by atoms with van der Waals surface area (Å²) in [5, 5.41) is 17.9. The van der Waals surface area contributed by atoms with Crippen LogP contribution in [0.3, 0.4) is 0 Å². The van der Waals surface area contributed by atoms with E-state index < -0.39 is 23.8 Å². The van der Waals surface area contributed by atoms with E-state index in [0.29, 0.717) is 0 Å². The Labute approximate surface area is 108 Å². The number of aliphatic carboxylic acids is 1. The number of hydrogen-bond donors (Lipinski definition) is 3. The van der Waals surface area contributed by atoms with Gasteiger partial charge in [-0.15, -0.1) is 0 Å². The van der Waals surface area contributed by atoms with Crippen molar-refractivity contribution < 1.29 is 19.7 Å². The summed E-state index contributed by atoms with van der Waals surface area (Å²) in [6.45, 7) is 6.62. The highest BCUT2D eigenvalue weighted by Crippen LogP contribution is 2.11. The Kier molecular flexibility index (Phi) is 6.61. The smallest absolute Gasteiger partial charge is 0.305 e. The van der Waals surface area contributed by atoms with Gasteiger partial charge in [0, 0.05) is 5.25 Å². The van der Waals surface area contributed by atoms with Crippen molar-refractivity contribution in [2.24, 2.45) is 0 Å². The molecule has 0 saturated carbocycles. The van der Waals surface area contributed by atoms with Crippen molar-refractivity contribution in [3.8, 4) is 11.8 Å². The molecule has 3 atom stereocenters. The highest BCUT2D eigenvalue weighted by molar-refractivity contribution is 7.81. The van der Waals surface area contributed by atoms with Gasteiger partial charge in [-0.05, 0) is 20.8 Å². The molecule has 0 spiro atoms. The van der Waals surface area contributed by atoms with E-state index in [-0.39, 0.29) is 11.7 Å². The third kappa shape index (κ3) is 9.04. The highest BCUT2D eigenvalue weighted by atomic mass is 32.1. The van der Waals surface area contributed by atoms with Gasteiger partial charge in [0.1, 0.15) is 11.7 Å². The van der Waals surface area contributed by atoms with Gasteiger partial charge in [-0.1, -0.05) is 18.8 Å². The van der Waals surface area contributed by atoms with Crippen LogP contribution < -0.4 is 0 Å². The molecule has 0 aromatic rings. The molecule has 0 fully saturated rings. The highest BCUT2D eigenvalue weighted by Gasteiger charge is 2.18. The van der Waals surface area contributed by atoms with Crippen LogP contribution >= 0.6 is 12.6 Å². The number of thiol groups is 1. The van der Waals surface area contributed by atoms with Crippen LogP contribution in [-0.4, -0.2) is 39.2 Å². The molecular formula is C12H20O4S. The van der Waals surface area contributed by atoms with E-state index in [0.717, 1.165) is 0 Å². The number of carboxylic acid groups (broad SMARTS) is 1. The number of hydrogen-bond acceptors (Lipinski definition) is 4. The van der Waals surface area contributed by atoms with Crippen LogP contribution in [0.1, 0.15) is 34.1 Å². The van der Waals surface area contributed by atoms with Gasteiger partial charge in [-0.25, -0.2) is 0 Å². The minimum Gasteiger partial charge on any atom is -0.481 e. The van der Waals surface area contributed by atoms with Crippen LogP contribution in [-0.2, 0) is 9.53 Å². The van der Waals surface area contributed by atoms with Crippen molar-refractivity contribution >= 4 is 18.6 Å². The summed E-state index contributed by atoms with van der Waals surface area (Å²) in [4.78, 5) is 10.5. The molecule has 0 aromatic heterocycles. The van der Waals surface area contributed by atoms with Crippen LogP contribution in [0.15, 0.2) is 0 Å². The second-order valence-electron chi connectivity index (χ2n) is 4.53. The van der Waals surface area contributed by atoms with Crippen LogP contribution in [0.25, 0.3) is 0 Å². The lowest BCUT2D eigenvalue weighted by Gasteiger charge is -2.20. The third-order valence-electron chi connectivity index (χ3n) is 1.80. The molecule has 0 unspecified atom stereocenters. The molecule has 98 valence electrons. The van der Waals surface area contributed by atoms with Crippen LogP contribution in [0.5, 0.6) is 0 Å². The van der Waals surface area contributed by atoms with Crippen LogP contribution in [0.4, 0.5) is 0 Å². The van der Waals surface area contributed by atoms with Crippen molar-refractivity contribution in [2.45, 2.75) is 57.2 Å². The average Bonchev–Trinajstić information content (AvgIpc) is 2.08. The topological polar surface area (TPSA) is 66.8 Å². The molecule has 0 radical (unpaired) electrons. The van der Waals surface area contributed by atoms with E-state index in [2.05, 4.69) is 24.5 Å². The molecule has 0 heterocycles. The van der Waals surface area contributed by atoms with Crippen molar-refractivity contribution in [3.63, 3.8) is 0 Å². The monoisotopic (exact) mass is 260 g/mol. The van der Waals surface area contributed by atoms with E-state index in [1.807, 2.05) is 0 Å². The molecule has 0 aliphatic heterocycles. The van der Waals surface area contributed by atoms with Gasteiger partial charge in [0.2, 0.25) is 0 Å². The van der Waals surface area contributed by atoms with Crippen molar-refractivity contribution in [1.82, 2.24) is 0 Å². The Balaban J connectivity index is 4.54. The summed E-state index contributed by atoms with van der Waals surface area (Å²) in [5.74, 6) is 4.50. The maximum absolute atomic E-state index is 10.5. The summed E-state index contributed by atoms with van der Waals surface area (Å²) in [6.07, 6.45) is -1.02. The Bertz CT molecular complexity index is 309. The number of carboxylic acids is 1. The fourth-order valence-electron chi connectivity index (χ4n) is 1.06. The Morgan fingerprint density at radius 1 is 1.47 bits per heavy atom. The zero-order valence-corrected chi connectivity index (χ0v) is 11.5. The van der Waals surface area contributed by atoms with E-state index in [4.69, 9.17) is 9.84 Å². The summed E-state index contributed by atoms with van der Waals surface area (Å²) >= 11 is 4.23. The van der Waals surface area contributed by atoms with Gasteiger partial charge in [-0.3, -0.25) is 4.79 Å². The number of carbonyl (C=O) groups is 1. The molecule has 0 amide bonds.